The van der Waals surface area contributed by atoms with Crippen LogP contribution in [0.2, 0.25) is 0 Å². The van der Waals surface area contributed by atoms with Gasteiger partial charge in [0.15, 0.2) is 0 Å². The number of nitrogens with two attached hydrogens (primary N) is 1. The van der Waals surface area contributed by atoms with Crippen LogP contribution in [-0.2, 0) is 6.54 Å². The standard InChI is InChI=1S/C11H13N5OS/c1-6-7(2)17-9(15-6)5-14-11-13-4-3-8(16-11)10(12)18/h3-4H,5H2,1-2H3,(H2,12,18)(H,13,14,16). The number of nitrogens with zero attached hydrogens (tertiary/aromatic N) is 3. The van der Waals surface area contributed by atoms with E-state index in [0.29, 0.717) is 24.1 Å². The molecule has 0 saturated carbocycles. The minimum atomic E-state index is 0.239. The van der Waals surface area contributed by atoms with Gasteiger partial charge in [0.1, 0.15) is 16.4 Å². The summed E-state index contributed by atoms with van der Waals surface area (Å²) in [7, 11) is 0. The number of oxazole rings is 1. The van der Waals surface area contributed by atoms with Crippen LogP contribution in [0.1, 0.15) is 23.0 Å². The molecule has 0 aromatic carbocycles. The Hall–Kier alpha value is -2.02. The Morgan fingerprint density at radius 2 is 2.22 bits per heavy atom. The van der Waals surface area contributed by atoms with Gasteiger partial charge in [-0.2, -0.15) is 0 Å². The van der Waals surface area contributed by atoms with Crippen molar-refractivity contribution in [2.75, 3.05) is 5.32 Å². The third-order valence-electron chi connectivity index (χ3n) is 2.38. The molecule has 0 fully saturated rings. The van der Waals surface area contributed by atoms with Crippen molar-refractivity contribution in [2.45, 2.75) is 20.4 Å². The van der Waals surface area contributed by atoms with Gasteiger partial charge >= 0.3 is 0 Å². The first-order valence-corrected chi connectivity index (χ1v) is 5.76. The van der Waals surface area contributed by atoms with Gasteiger partial charge in [-0.05, 0) is 19.9 Å². The highest BCUT2D eigenvalue weighted by Crippen LogP contribution is 2.09. The molecule has 2 aromatic rings. The Labute approximate surface area is 110 Å². The van der Waals surface area contributed by atoms with Crippen molar-refractivity contribution in [2.24, 2.45) is 5.73 Å². The van der Waals surface area contributed by atoms with Crippen molar-refractivity contribution in [1.29, 1.82) is 0 Å². The second-order valence-electron chi connectivity index (χ2n) is 3.73. The molecule has 2 heterocycles. The maximum absolute atomic E-state index is 5.50. The number of nitrogens with one attached hydrogen (secondary N) is 1. The first-order valence-electron chi connectivity index (χ1n) is 5.36. The van der Waals surface area contributed by atoms with Crippen LogP contribution < -0.4 is 11.1 Å². The van der Waals surface area contributed by atoms with E-state index in [4.69, 9.17) is 22.4 Å². The van der Waals surface area contributed by atoms with Crippen molar-refractivity contribution in [1.82, 2.24) is 15.0 Å². The van der Waals surface area contributed by atoms with E-state index in [1.54, 1.807) is 12.3 Å². The molecule has 0 amide bonds. The lowest BCUT2D eigenvalue weighted by Gasteiger charge is -2.03. The summed E-state index contributed by atoms with van der Waals surface area (Å²) in [5, 5.41) is 3.00. The van der Waals surface area contributed by atoms with E-state index in [-0.39, 0.29) is 4.99 Å². The lowest BCUT2D eigenvalue weighted by Crippen LogP contribution is -2.13. The molecule has 0 spiro atoms. The van der Waals surface area contributed by atoms with Gasteiger partial charge in [-0.3, -0.25) is 0 Å². The maximum Gasteiger partial charge on any atom is 0.223 e. The molecule has 7 heteroatoms. The van der Waals surface area contributed by atoms with Crippen LogP contribution in [0.5, 0.6) is 0 Å². The van der Waals surface area contributed by atoms with E-state index < -0.39 is 0 Å². The SMILES string of the molecule is Cc1nc(CNc2nccc(C(N)=S)n2)oc1C. The number of aryl methyl sites for hydroxylation is 2. The zero-order chi connectivity index (χ0) is 13.1. The molecule has 3 N–H and O–H groups in total. The summed E-state index contributed by atoms with van der Waals surface area (Å²) in [4.78, 5) is 12.7. The maximum atomic E-state index is 5.50. The van der Waals surface area contributed by atoms with Gasteiger partial charge in [-0.15, -0.1) is 0 Å². The molecule has 0 radical (unpaired) electrons. The minimum absolute atomic E-state index is 0.239. The highest BCUT2D eigenvalue weighted by Gasteiger charge is 2.06. The van der Waals surface area contributed by atoms with E-state index >= 15 is 0 Å². The summed E-state index contributed by atoms with van der Waals surface area (Å²) in [5.41, 5.74) is 6.90. The molecule has 2 rings (SSSR count). The fourth-order valence-electron chi connectivity index (χ4n) is 1.35. The second kappa shape index (κ2) is 5.09. The van der Waals surface area contributed by atoms with Crippen molar-refractivity contribution >= 4 is 23.2 Å². The predicted octanol–water partition coefficient (Wildman–Crippen LogP) is 1.33. The van der Waals surface area contributed by atoms with Crippen LogP contribution in [-0.4, -0.2) is 19.9 Å². The highest BCUT2D eigenvalue weighted by molar-refractivity contribution is 7.80. The van der Waals surface area contributed by atoms with Crippen LogP contribution in [0.25, 0.3) is 0 Å². The Morgan fingerprint density at radius 1 is 1.44 bits per heavy atom. The Morgan fingerprint density at radius 3 is 2.83 bits per heavy atom. The van der Waals surface area contributed by atoms with Gasteiger partial charge in [-0.25, -0.2) is 15.0 Å². The molecule has 18 heavy (non-hydrogen) atoms. The smallest absolute Gasteiger partial charge is 0.223 e. The zero-order valence-corrected chi connectivity index (χ0v) is 10.9. The Kier molecular flexibility index (Phi) is 3.52. The molecule has 2 aromatic heterocycles. The van der Waals surface area contributed by atoms with Crippen LogP contribution in [0, 0.1) is 13.8 Å². The fraction of sp³-hybridized carbons (Fsp3) is 0.273. The molecular weight excluding hydrogens is 250 g/mol. The Bertz CT molecular complexity index is 561. The number of thiocarbonyl (C=S) groups is 1. The number of hydrogen-bond donors (Lipinski definition) is 2. The van der Waals surface area contributed by atoms with Crippen LogP contribution in [0.3, 0.4) is 0 Å². The van der Waals surface area contributed by atoms with Gasteiger partial charge < -0.3 is 15.5 Å². The number of hydrogen-bond acceptors (Lipinski definition) is 6. The summed E-state index contributed by atoms with van der Waals surface area (Å²) in [5.74, 6) is 1.84. The summed E-state index contributed by atoms with van der Waals surface area (Å²) in [6.07, 6.45) is 1.59. The van der Waals surface area contributed by atoms with Gasteiger partial charge in [0.05, 0.1) is 12.2 Å². The van der Waals surface area contributed by atoms with Crippen molar-refractivity contribution in [3.63, 3.8) is 0 Å². The van der Waals surface area contributed by atoms with Gasteiger partial charge in [0, 0.05) is 6.20 Å². The normalized spacial score (nSPS) is 10.3. The van der Waals surface area contributed by atoms with E-state index in [1.165, 1.54) is 0 Å². The summed E-state index contributed by atoms with van der Waals surface area (Å²) in [6.45, 7) is 4.18. The first-order chi connectivity index (χ1) is 8.56. The quantitative estimate of drug-likeness (QED) is 0.804. The predicted molar refractivity (Wildman–Crippen MR) is 71.2 cm³/mol. The molecule has 0 saturated heterocycles. The molecule has 0 atom stereocenters. The molecule has 0 aliphatic heterocycles. The highest BCUT2D eigenvalue weighted by atomic mass is 32.1. The summed E-state index contributed by atoms with van der Waals surface area (Å²) >= 11 is 4.85. The van der Waals surface area contributed by atoms with Crippen molar-refractivity contribution in [3.05, 3.63) is 35.3 Å². The third kappa shape index (κ3) is 2.80. The topological polar surface area (TPSA) is 89.9 Å². The van der Waals surface area contributed by atoms with Gasteiger partial charge in [0.25, 0.3) is 0 Å². The monoisotopic (exact) mass is 263 g/mol. The summed E-state index contributed by atoms with van der Waals surface area (Å²) in [6, 6.07) is 1.66. The minimum Gasteiger partial charge on any atom is -0.444 e. The van der Waals surface area contributed by atoms with Crippen LogP contribution in [0.4, 0.5) is 5.95 Å². The average Bonchev–Trinajstić information content (AvgIpc) is 2.67. The van der Waals surface area contributed by atoms with Crippen LogP contribution >= 0.6 is 12.2 Å². The van der Waals surface area contributed by atoms with Gasteiger partial charge in [0.2, 0.25) is 11.8 Å². The molecule has 6 nitrogen and oxygen atoms in total. The molecule has 94 valence electrons. The number of rotatable bonds is 4. The number of aromatic nitrogens is 3. The molecule has 0 aliphatic carbocycles. The largest absolute Gasteiger partial charge is 0.444 e. The van der Waals surface area contributed by atoms with E-state index in [0.717, 1.165) is 11.5 Å². The summed E-state index contributed by atoms with van der Waals surface area (Å²) < 4.78 is 5.43. The van der Waals surface area contributed by atoms with Crippen molar-refractivity contribution < 1.29 is 4.42 Å². The molecular formula is C11H13N5OS. The van der Waals surface area contributed by atoms with Gasteiger partial charge in [-0.1, -0.05) is 12.2 Å². The fourth-order valence-corrected chi connectivity index (χ4v) is 1.46. The molecule has 0 bridgehead atoms. The van der Waals surface area contributed by atoms with E-state index in [2.05, 4.69) is 20.3 Å². The number of anilines is 1. The average molecular weight is 263 g/mol. The van der Waals surface area contributed by atoms with E-state index in [9.17, 15) is 0 Å². The second-order valence-corrected chi connectivity index (χ2v) is 4.17. The lowest BCUT2D eigenvalue weighted by atomic mass is 10.4. The van der Waals surface area contributed by atoms with Crippen LogP contribution in [0.15, 0.2) is 16.7 Å². The molecule has 0 unspecified atom stereocenters. The molecule has 0 aliphatic rings. The lowest BCUT2D eigenvalue weighted by molar-refractivity contribution is 0.478. The van der Waals surface area contributed by atoms with E-state index in [1.807, 2.05) is 13.8 Å². The Balaban J connectivity index is 2.06. The van der Waals surface area contributed by atoms with Crippen molar-refractivity contribution in [3.8, 4) is 0 Å². The first kappa shape index (κ1) is 12.4. The third-order valence-corrected chi connectivity index (χ3v) is 2.59. The zero-order valence-electron chi connectivity index (χ0n) is 10.1.